The van der Waals surface area contributed by atoms with E-state index in [0.29, 0.717) is 15.6 Å². The Morgan fingerprint density at radius 3 is 2.75 bits per heavy atom. The SMILES string of the molecule is O=C(c1cc(F)cc(Br)c1)c1cccc2ncccc12. The van der Waals surface area contributed by atoms with Gasteiger partial charge in [-0.15, -0.1) is 0 Å². The van der Waals surface area contributed by atoms with Crippen molar-refractivity contribution in [3.63, 3.8) is 0 Å². The molecule has 0 atom stereocenters. The Morgan fingerprint density at radius 1 is 1.10 bits per heavy atom. The van der Waals surface area contributed by atoms with Crippen LogP contribution in [0.25, 0.3) is 10.9 Å². The molecule has 0 unspecified atom stereocenters. The molecule has 0 aliphatic heterocycles. The van der Waals surface area contributed by atoms with Crippen LogP contribution in [-0.2, 0) is 0 Å². The van der Waals surface area contributed by atoms with E-state index < -0.39 is 5.82 Å². The second kappa shape index (κ2) is 5.13. The number of hydrogen-bond donors (Lipinski definition) is 0. The molecule has 0 saturated carbocycles. The third-order valence-corrected chi connectivity index (χ3v) is 3.47. The largest absolute Gasteiger partial charge is 0.289 e. The van der Waals surface area contributed by atoms with Gasteiger partial charge in [0.15, 0.2) is 5.78 Å². The Hall–Kier alpha value is -2.07. The van der Waals surface area contributed by atoms with Crippen molar-refractivity contribution in [3.8, 4) is 0 Å². The van der Waals surface area contributed by atoms with Crippen LogP contribution in [0, 0.1) is 5.82 Å². The molecular formula is C16H9BrFNO. The van der Waals surface area contributed by atoms with Crippen LogP contribution in [0.3, 0.4) is 0 Å². The van der Waals surface area contributed by atoms with Crippen molar-refractivity contribution >= 4 is 32.6 Å². The molecule has 1 heterocycles. The fourth-order valence-corrected chi connectivity index (χ4v) is 2.61. The minimum Gasteiger partial charge on any atom is -0.289 e. The monoisotopic (exact) mass is 329 g/mol. The Morgan fingerprint density at radius 2 is 1.95 bits per heavy atom. The lowest BCUT2D eigenvalue weighted by atomic mass is 9.99. The summed E-state index contributed by atoms with van der Waals surface area (Å²) in [4.78, 5) is 16.8. The average Bonchev–Trinajstić information content (AvgIpc) is 2.45. The second-order valence-electron chi connectivity index (χ2n) is 4.36. The zero-order valence-corrected chi connectivity index (χ0v) is 11.9. The van der Waals surface area contributed by atoms with Gasteiger partial charge in [0.1, 0.15) is 5.82 Å². The molecule has 0 spiro atoms. The molecule has 0 aliphatic rings. The van der Waals surface area contributed by atoms with E-state index in [1.807, 2.05) is 12.1 Å². The number of fused-ring (bicyclic) bond motifs is 1. The maximum Gasteiger partial charge on any atom is 0.193 e. The molecule has 2 aromatic carbocycles. The highest BCUT2D eigenvalue weighted by atomic mass is 79.9. The van der Waals surface area contributed by atoms with Crippen molar-refractivity contribution in [2.45, 2.75) is 0 Å². The summed E-state index contributed by atoms with van der Waals surface area (Å²) in [7, 11) is 0. The van der Waals surface area contributed by atoms with Gasteiger partial charge in [0.2, 0.25) is 0 Å². The van der Waals surface area contributed by atoms with Gasteiger partial charge in [-0.25, -0.2) is 4.39 Å². The van der Waals surface area contributed by atoms with E-state index in [2.05, 4.69) is 20.9 Å². The third-order valence-electron chi connectivity index (χ3n) is 3.02. The van der Waals surface area contributed by atoms with E-state index in [1.54, 1.807) is 30.5 Å². The summed E-state index contributed by atoms with van der Waals surface area (Å²) in [6.07, 6.45) is 1.68. The first-order valence-electron chi connectivity index (χ1n) is 6.00. The number of nitrogens with zero attached hydrogens (tertiary/aromatic N) is 1. The molecule has 0 bridgehead atoms. The van der Waals surface area contributed by atoms with Crippen molar-refractivity contribution in [1.29, 1.82) is 0 Å². The lowest BCUT2D eigenvalue weighted by Gasteiger charge is -2.06. The van der Waals surface area contributed by atoms with Gasteiger partial charge >= 0.3 is 0 Å². The fraction of sp³-hybridized carbons (Fsp3) is 0. The van der Waals surface area contributed by atoms with Gasteiger partial charge in [0.05, 0.1) is 5.52 Å². The number of pyridine rings is 1. The molecule has 0 saturated heterocycles. The average molecular weight is 330 g/mol. The zero-order valence-electron chi connectivity index (χ0n) is 10.3. The summed E-state index contributed by atoms with van der Waals surface area (Å²) in [6, 6.07) is 13.1. The summed E-state index contributed by atoms with van der Waals surface area (Å²) in [5.41, 5.74) is 1.58. The fourth-order valence-electron chi connectivity index (χ4n) is 2.14. The molecular weight excluding hydrogens is 321 g/mol. The number of aromatic nitrogens is 1. The van der Waals surface area contributed by atoms with Crippen LogP contribution in [0.4, 0.5) is 4.39 Å². The highest BCUT2D eigenvalue weighted by Crippen LogP contribution is 2.22. The number of carbonyl (C=O) groups is 1. The maximum absolute atomic E-state index is 13.4. The number of rotatable bonds is 2. The van der Waals surface area contributed by atoms with Crippen LogP contribution in [-0.4, -0.2) is 10.8 Å². The van der Waals surface area contributed by atoms with Crippen molar-refractivity contribution in [2.75, 3.05) is 0 Å². The lowest BCUT2D eigenvalue weighted by molar-refractivity contribution is 0.104. The van der Waals surface area contributed by atoms with Crippen LogP contribution < -0.4 is 0 Å². The minimum absolute atomic E-state index is 0.219. The highest BCUT2D eigenvalue weighted by molar-refractivity contribution is 9.10. The predicted molar refractivity (Wildman–Crippen MR) is 79.3 cm³/mol. The van der Waals surface area contributed by atoms with Crippen LogP contribution >= 0.6 is 15.9 Å². The van der Waals surface area contributed by atoms with E-state index in [4.69, 9.17) is 0 Å². The van der Waals surface area contributed by atoms with Gasteiger partial charge in [-0.3, -0.25) is 9.78 Å². The van der Waals surface area contributed by atoms with Gasteiger partial charge in [0.25, 0.3) is 0 Å². The van der Waals surface area contributed by atoms with Crippen LogP contribution in [0.5, 0.6) is 0 Å². The Labute approximate surface area is 123 Å². The summed E-state index contributed by atoms with van der Waals surface area (Å²) in [5.74, 6) is -0.662. The Bertz CT molecular complexity index is 791. The minimum atomic E-state index is -0.443. The second-order valence-corrected chi connectivity index (χ2v) is 5.28. The summed E-state index contributed by atoms with van der Waals surface area (Å²) in [6.45, 7) is 0. The number of benzene rings is 2. The topological polar surface area (TPSA) is 30.0 Å². The van der Waals surface area contributed by atoms with Crippen molar-refractivity contribution in [2.24, 2.45) is 0 Å². The van der Waals surface area contributed by atoms with Crippen LogP contribution in [0.15, 0.2) is 59.2 Å². The smallest absolute Gasteiger partial charge is 0.193 e. The van der Waals surface area contributed by atoms with Crippen molar-refractivity contribution < 1.29 is 9.18 Å². The molecule has 98 valence electrons. The first kappa shape index (κ1) is 12.9. The number of halogens is 2. The van der Waals surface area contributed by atoms with E-state index >= 15 is 0 Å². The molecule has 4 heteroatoms. The third kappa shape index (κ3) is 2.34. The molecule has 1 aromatic heterocycles. The van der Waals surface area contributed by atoms with E-state index in [9.17, 15) is 9.18 Å². The summed E-state index contributed by atoms with van der Waals surface area (Å²) in [5, 5.41) is 0.764. The van der Waals surface area contributed by atoms with Crippen LogP contribution in [0.2, 0.25) is 0 Å². The lowest BCUT2D eigenvalue weighted by Crippen LogP contribution is -2.03. The standard InChI is InChI=1S/C16H9BrFNO/c17-11-7-10(8-12(18)9-11)16(20)14-3-1-5-15-13(14)4-2-6-19-15/h1-9H. The molecule has 0 N–H and O–H groups in total. The number of ketones is 1. The summed E-state index contributed by atoms with van der Waals surface area (Å²) >= 11 is 3.20. The zero-order chi connectivity index (χ0) is 14.1. The number of hydrogen-bond acceptors (Lipinski definition) is 2. The van der Waals surface area contributed by atoms with Gasteiger partial charge in [0, 0.05) is 27.2 Å². The molecule has 0 amide bonds. The Balaban J connectivity index is 2.17. The van der Waals surface area contributed by atoms with E-state index in [1.165, 1.54) is 12.1 Å². The van der Waals surface area contributed by atoms with Gasteiger partial charge in [-0.05, 0) is 30.3 Å². The Kier molecular flexibility index (Phi) is 3.32. The van der Waals surface area contributed by atoms with Gasteiger partial charge < -0.3 is 0 Å². The maximum atomic E-state index is 13.4. The molecule has 0 aliphatic carbocycles. The highest BCUT2D eigenvalue weighted by Gasteiger charge is 2.14. The molecule has 20 heavy (non-hydrogen) atoms. The number of carbonyl (C=O) groups excluding carboxylic acids is 1. The normalized spacial score (nSPS) is 10.7. The molecule has 3 aromatic rings. The van der Waals surface area contributed by atoms with Gasteiger partial charge in [-0.2, -0.15) is 0 Å². The van der Waals surface area contributed by atoms with E-state index in [-0.39, 0.29) is 5.78 Å². The quantitative estimate of drug-likeness (QED) is 0.653. The van der Waals surface area contributed by atoms with Crippen molar-refractivity contribution in [3.05, 3.63) is 76.1 Å². The molecule has 2 nitrogen and oxygen atoms in total. The van der Waals surface area contributed by atoms with Crippen LogP contribution in [0.1, 0.15) is 15.9 Å². The molecule has 0 radical (unpaired) electrons. The van der Waals surface area contributed by atoms with Crippen molar-refractivity contribution in [1.82, 2.24) is 4.98 Å². The first-order valence-corrected chi connectivity index (χ1v) is 6.79. The summed E-state index contributed by atoms with van der Waals surface area (Å²) < 4.78 is 14.0. The van der Waals surface area contributed by atoms with Gasteiger partial charge in [-0.1, -0.05) is 34.1 Å². The molecule has 3 rings (SSSR count). The van der Waals surface area contributed by atoms with E-state index in [0.717, 1.165) is 10.9 Å². The molecule has 0 fully saturated rings. The first-order chi connectivity index (χ1) is 9.65. The predicted octanol–water partition coefficient (Wildman–Crippen LogP) is 4.37.